The molecule has 1 aromatic rings. The van der Waals surface area contributed by atoms with Gasteiger partial charge in [0, 0.05) is 6.08 Å². The molecule has 0 saturated heterocycles. The minimum absolute atomic E-state index is 0.361. The minimum atomic E-state index is -0.380. The number of ether oxygens (including phenoxy) is 2. The standard InChI is InChI=1S/C12H13ClO3/c1-3-16-12(14)7-5-9-4-6-10(15-2)8-11(9)13/h4-8H,3H2,1-2H3. The maximum atomic E-state index is 11.1. The Morgan fingerprint density at radius 1 is 1.50 bits per heavy atom. The Labute approximate surface area is 99.6 Å². The van der Waals surface area contributed by atoms with E-state index in [0.717, 1.165) is 5.56 Å². The molecule has 0 atom stereocenters. The average molecular weight is 241 g/mol. The van der Waals surface area contributed by atoms with Gasteiger partial charge in [-0.1, -0.05) is 11.6 Å². The van der Waals surface area contributed by atoms with Gasteiger partial charge in [0.05, 0.1) is 18.7 Å². The van der Waals surface area contributed by atoms with Crippen LogP contribution >= 0.6 is 11.6 Å². The molecule has 0 saturated carbocycles. The van der Waals surface area contributed by atoms with Crippen LogP contribution in [0, 0.1) is 0 Å². The molecule has 0 aliphatic carbocycles. The van der Waals surface area contributed by atoms with Gasteiger partial charge in [-0.15, -0.1) is 0 Å². The van der Waals surface area contributed by atoms with Gasteiger partial charge in [0.25, 0.3) is 0 Å². The lowest BCUT2D eigenvalue weighted by atomic mass is 10.2. The molecule has 0 aromatic heterocycles. The van der Waals surface area contributed by atoms with E-state index < -0.39 is 0 Å². The molecule has 16 heavy (non-hydrogen) atoms. The molecule has 0 radical (unpaired) electrons. The van der Waals surface area contributed by atoms with Crippen molar-refractivity contribution in [3.63, 3.8) is 0 Å². The quantitative estimate of drug-likeness (QED) is 0.600. The van der Waals surface area contributed by atoms with Crippen LogP contribution in [0.15, 0.2) is 24.3 Å². The van der Waals surface area contributed by atoms with Crippen molar-refractivity contribution < 1.29 is 14.3 Å². The Morgan fingerprint density at radius 3 is 2.81 bits per heavy atom. The lowest BCUT2D eigenvalue weighted by Crippen LogP contribution is -1.98. The number of halogens is 1. The first-order valence-corrected chi connectivity index (χ1v) is 5.23. The Kier molecular flexibility index (Phi) is 4.86. The summed E-state index contributed by atoms with van der Waals surface area (Å²) in [5.41, 5.74) is 0.746. The smallest absolute Gasteiger partial charge is 0.330 e. The van der Waals surface area contributed by atoms with Crippen LogP contribution in [-0.2, 0) is 9.53 Å². The zero-order chi connectivity index (χ0) is 12.0. The van der Waals surface area contributed by atoms with Crippen molar-refractivity contribution in [3.05, 3.63) is 34.9 Å². The lowest BCUT2D eigenvalue weighted by molar-refractivity contribution is -0.137. The molecule has 0 unspecified atom stereocenters. The third-order valence-electron chi connectivity index (χ3n) is 1.89. The molecule has 0 spiro atoms. The van der Waals surface area contributed by atoms with Gasteiger partial charge in [-0.05, 0) is 36.8 Å². The third kappa shape index (κ3) is 3.59. The molecular formula is C12H13ClO3. The highest BCUT2D eigenvalue weighted by molar-refractivity contribution is 6.32. The van der Waals surface area contributed by atoms with Gasteiger partial charge in [0.1, 0.15) is 5.75 Å². The van der Waals surface area contributed by atoms with Crippen molar-refractivity contribution in [2.24, 2.45) is 0 Å². The zero-order valence-electron chi connectivity index (χ0n) is 9.20. The van der Waals surface area contributed by atoms with Gasteiger partial charge in [0.15, 0.2) is 0 Å². The molecule has 0 fully saturated rings. The van der Waals surface area contributed by atoms with E-state index in [9.17, 15) is 4.79 Å². The molecule has 3 nitrogen and oxygen atoms in total. The van der Waals surface area contributed by atoms with E-state index in [0.29, 0.717) is 17.4 Å². The predicted octanol–water partition coefficient (Wildman–Crippen LogP) is 2.92. The normalized spacial score (nSPS) is 10.4. The summed E-state index contributed by atoms with van der Waals surface area (Å²) in [6.45, 7) is 2.12. The van der Waals surface area contributed by atoms with Crippen LogP contribution < -0.4 is 4.74 Å². The number of hydrogen-bond donors (Lipinski definition) is 0. The van der Waals surface area contributed by atoms with Gasteiger partial charge in [-0.3, -0.25) is 0 Å². The van der Waals surface area contributed by atoms with E-state index in [-0.39, 0.29) is 5.97 Å². The van der Waals surface area contributed by atoms with Crippen LogP contribution in [0.25, 0.3) is 6.08 Å². The summed E-state index contributed by atoms with van der Waals surface area (Å²) in [4.78, 5) is 11.1. The molecule has 86 valence electrons. The van der Waals surface area contributed by atoms with Gasteiger partial charge in [0.2, 0.25) is 0 Å². The van der Waals surface area contributed by atoms with Gasteiger partial charge >= 0.3 is 5.97 Å². The van der Waals surface area contributed by atoms with Crippen molar-refractivity contribution in [3.8, 4) is 5.75 Å². The Bertz CT molecular complexity index is 399. The summed E-state index contributed by atoms with van der Waals surface area (Å²) in [5.74, 6) is 0.299. The van der Waals surface area contributed by atoms with E-state index in [4.69, 9.17) is 21.1 Å². The molecule has 0 aliphatic heterocycles. The molecule has 1 aromatic carbocycles. The van der Waals surface area contributed by atoms with Crippen LogP contribution in [-0.4, -0.2) is 19.7 Å². The fourth-order valence-corrected chi connectivity index (χ4v) is 1.35. The zero-order valence-corrected chi connectivity index (χ0v) is 9.95. The molecule has 0 bridgehead atoms. The lowest BCUT2D eigenvalue weighted by Gasteiger charge is -2.02. The number of carbonyl (C=O) groups excluding carboxylic acids is 1. The number of hydrogen-bond acceptors (Lipinski definition) is 3. The fraction of sp³-hybridized carbons (Fsp3) is 0.250. The summed E-state index contributed by atoms with van der Waals surface area (Å²) >= 11 is 5.99. The van der Waals surface area contributed by atoms with Crippen molar-refractivity contribution >= 4 is 23.6 Å². The molecule has 0 amide bonds. The second-order valence-electron chi connectivity index (χ2n) is 2.97. The van der Waals surface area contributed by atoms with Crippen molar-refractivity contribution in [1.82, 2.24) is 0 Å². The van der Waals surface area contributed by atoms with E-state index in [2.05, 4.69) is 0 Å². The van der Waals surface area contributed by atoms with Gasteiger partial charge < -0.3 is 9.47 Å². The highest BCUT2D eigenvalue weighted by Gasteiger charge is 2.00. The minimum Gasteiger partial charge on any atom is -0.497 e. The van der Waals surface area contributed by atoms with E-state index in [1.54, 1.807) is 38.3 Å². The molecule has 0 aliphatic rings. The largest absolute Gasteiger partial charge is 0.497 e. The molecule has 0 N–H and O–H groups in total. The monoisotopic (exact) mass is 240 g/mol. The summed E-state index contributed by atoms with van der Waals surface area (Å²) in [5, 5.41) is 0.528. The molecule has 4 heteroatoms. The second-order valence-corrected chi connectivity index (χ2v) is 3.38. The number of benzene rings is 1. The molecule has 0 heterocycles. The maximum Gasteiger partial charge on any atom is 0.330 e. The molecule has 1 rings (SSSR count). The van der Waals surface area contributed by atoms with Crippen LogP contribution in [0.3, 0.4) is 0 Å². The Balaban J connectivity index is 2.78. The SMILES string of the molecule is CCOC(=O)C=Cc1ccc(OC)cc1Cl. The average Bonchev–Trinajstić information content (AvgIpc) is 2.27. The van der Waals surface area contributed by atoms with Crippen LogP contribution in [0.2, 0.25) is 5.02 Å². The summed E-state index contributed by atoms with van der Waals surface area (Å²) < 4.78 is 9.77. The van der Waals surface area contributed by atoms with Crippen LogP contribution in [0.4, 0.5) is 0 Å². The maximum absolute atomic E-state index is 11.1. The van der Waals surface area contributed by atoms with Gasteiger partial charge in [-0.2, -0.15) is 0 Å². The number of carbonyl (C=O) groups is 1. The number of methoxy groups -OCH3 is 1. The third-order valence-corrected chi connectivity index (χ3v) is 2.22. The highest BCUT2D eigenvalue weighted by Crippen LogP contribution is 2.23. The second kappa shape index (κ2) is 6.18. The van der Waals surface area contributed by atoms with Crippen LogP contribution in [0.5, 0.6) is 5.75 Å². The number of rotatable bonds is 4. The Morgan fingerprint density at radius 2 is 2.25 bits per heavy atom. The highest BCUT2D eigenvalue weighted by atomic mass is 35.5. The van der Waals surface area contributed by atoms with Crippen LogP contribution in [0.1, 0.15) is 12.5 Å². The summed E-state index contributed by atoms with van der Waals surface area (Å²) in [7, 11) is 1.57. The van der Waals surface area contributed by atoms with Crippen molar-refractivity contribution in [2.75, 3.05) is 13.7 Å². The van der Waals surface area contributed by atoms with Crippen molar-refractivity contribution in [2.45, 2.75) is 6.92 Å². The first kappa shape index (κ1) is 12.6. The first-order chi connectivity index (χ1) is 7.67. The molecular weight excluding hydrogens is 228 g/mol. The Hall–Kier alpha value is -1.48. The fourth-order valence-electron chi connectivity index (χ4n) is 1.12. The predicted molar refractivity (Wildman–Crippen MR) is 63.7 cm³/mol. The van der Waals surface area contributed by atoms with E-state index in [1.165, 1.54) is 6.08 Å². The van der Waals surface area contributed by atoms with E-state index >= 15 is 0 Å². The van der Waals surface area contributed by atoms with Gasteiger partial charge in [-0.25, -0.2) is 4.79 Å². The van der Waals surface area contributed by atoms with E-state index in [1.807, 2.05) is 0 Å². The summed E-state index contributed by atoms with van der Waals surface area (Å²) in [6, 6.07) is 5.24. The summed E-state index contributed by atoms with van der Waals surface area (Å²) in [6.07, 6.45) is 2.96. The number of esters is 1. The topological polar surface area (TPSA) is 35.5 Å². The first-order valence-electron chi connectivity index (χ1n) is 4.85. The van der Waals surface area contributed by atoms with Crippen molar-refractivity contribution in [1.29, 1.82) is 0 Å².